The van der Waals surface area contributed by atoms with Crippen LogP contribution in [0.5, 0.6) is 0 Å². The lowest BCUT2D eigenvalue weighted by Gasteiger charge is -2.15. The molecule has 0 aliphatic carbocycles. The van der Waals surface area contributed by atoms with Crippen LogP contribution in [-0.4, -0.2) is 26.9 Å². The quantitative estimate of drug-likeness (QED) is 0.843. The molecule has 2 heterocycles. The van der Waals surface area contributed by atoms with Crippen LogP contribution in [0.1, 0.15) is 5.56 Å². The molecule has 0 saturated heterocycles. The number of nitrogens with one attached hydrogen (secondary N) is 1. The lowest BCUT2D eigenvalue weighted by atomic mass is 10.2. The summed E-state index contributed by atoms with van der Waals surface area (Å²) in [5.41, 5.74) is -1.12. The number of thiophene rings is 1. The third-order valence-electron chi connectivity index (χ3n) is 2.74. The molecule has 0 saturated carbocycles. The van der Waals surface area contributed by atoms with E-state index in [2.05, 4.69) is 15.9 Å². The van der Waals surface area contributed by atoms with Crippen molar-refractivity contribution in [2.45, 2.75) is 25.7 Å². The summed E-state index contributed by atoms with van der Waals surface area (Å²) in [6.45, 7) is 0.634. The second-order valence-electron chi connectivity index (χ2n) is 4.11. The molecule has 2 rings (SSSR count). The molecular formula is C10H8BrF3N2O3S. The Morgan fingerprint density at radius 3 is 2.60 bits per heavy atom. The van der Waals surface area contributed by atoms with Crippen LogP contribution in [0.4, 0.5) is 13.2 Å². The van der Waals surface area contributed by atoms with Gasteiger partial charge in [0.05, 0.1) is 15.7 Å². The lowest BCUT2D eigenvalue weighted by molar-refractivity contribution is -0.207. The van der Waals surface area contributed by atoms with E-state index in [4.69, 9.17) is 5.11 Å². The van der Waals surface area contributed by atoms with Gasteiger partial charge in [-0.3, -0.25) is 14.3 Å². The second kappa shape index (κ2) is 5.01. The van der Waals surface area contributed by atoms with Crippen molar-refractivity contribution in [3.8, 4) is 0 Å². The highest BCUT2D eigenvalue weighted by Crippen LogP contribution is 2.32. The molecule has 10 heteroatoms. The molecule has 0 aliphatic heterocycles. The maximum absolute atomic E-state index is 12.4. The predicted molar refractivity (Wildman–Crippen MR) is 71.2 cm³/mol. The summed E-state index contributed by atoms with van der Waals surface area (Å²) in [7, 11) is 0. The van der Waals surface area contributed by atoms with E-state index in [0.29, 0.717) is 9.35 Å². The third-order valence-corrected chi connectivity index (χ3v) is 4.92. The van der Waals surface area contributed by atoms with E-state index in [1.165, 1.54) is 0 Å². The first-order valence-corrected chi connectivity index (χ1v) is 6.90. The molecule has 0 amide bonds. The van der Waals surface area contributed by atoms with Crippen molar-refractivity contribution in [2.24, 2.45) is 0 Å². The minimum absolute atomic E-state index is 0.0893. The first-order valence-electron chi connectivity index (χ1n) is 5.29. The summed E-state index contributed by atoms with van der Waals surface area (Å²) in [6.07, 6.45) is -7.53. The lowest BCUT2D eigenvalue weighted by Crippen LogP contribution is -2.38. The molecule has 0 spiro atoms. The molecule has 0 radical (unpaired) electrons. The Bertz CT molecular complexity index is 777. The van der Waals surface area contributed by atoms with Crippen molar-refractivity contribution in [3.63, 3.8) is 0 Å². The number of hydrogen-bond acceptors (Lipinski definition) is 4. The molecule has 0 bridgehead atoms. The summed E-state index contributed by atoms with van der Waals surface area (Å²) in [5, 5.41) is 9.22. The molecule has 1 atom stereocenters. The number of halogens is 4. The van der Waals surface area contributed by atoms with Crippen molar-refractivity contribution in [3.05, 3.63) is 30.2 Å². The van der Waals surface area contributed by atoms with Crippen LogP contribution in [0.2, 0.25) is 0 Å². The molecule has 5 nitrogen and oxygen atoms in total. The number of aromatic amines is 1. The zero-order valence-electron chi connectivity index (χ0n) is 9.92. The number of rotatable bonds is 2. The van der Waals surface area contributed by atoms with Crippen LogP contribution in [0.3, 0.4) is 0 Å². The van der Waals surface area contributed by atoms with Crippen molar-refractivity contribution >= 4 is 37.5 Å². The Labute approximate surface area is 121 Å². The maximum atomic E-state index is 12.4. The molecule has 2 N–H and O–H groups in total. The van der Waals surface area contributed by atoms with Gasteiger partial charge in [-0.15, -0.1) is 11.3 Å². The summed E-state index contributed by atoms with van der Waals surface area (Å²) in [6, 6.07) is 0. The number of hydrogen-bond donors (Lipinski definition) is 2. The molecule has 0 aliphatic rings. The van der Waals surface area contributed by atoms with Gasteiger partial charge in [0.25, 0.3) is 5.56 Å². The number of alkyl halides is 3. The van der Waals surface area contributed by atoms with E-state index >= 15 is 0 Å². The summed E-state index contributed by atoms with van der Waals surface area (Å²) >= 11 is 4.14. The summed E-state index contributed by atoms with van der Waals surface area (Å²) in [5.74, 6) is 0. The van der Waals surface area contributed by atoms with E-state index < -0.39 is 30.1 Å². The fourth-order valence-electron chi connectivity index (χ4n) is 1.69. The van der Waals surface area contributed by atoms with Crippen molar-refractivity contribution < 1.29 is 18.3 Å². The Morgan fingerprint density at radius 1 is 1.45 bits per heavy atom. The van der Waals surface area contributed by atoms with E-state index in [1.807, 2.05) is 4.98 Å². The van der Waals surface area contributed by atoms with Gasteiger partial charge in [-0.25, -0.2) is 4.79 Å². The highest BCUT2D eigenvalue weighted by Gasteiger charge is 2.39. The van der Waals surface area contributed by atoms with Crippen LogP contribution in [0.25, 0.3) is 10.2 Å². The van der Waals surface area contributed by atoms with Gasteiger partial charge in [-0.2, -0.15) is 13.2 Å². The van der Waals surface area contributed by atoms with Gasteiger partial charge in [0, 0.05) is 0 Å². The topological polar surface area (TPSA) is 75.1 Å². The molecule has 2 aromatic heterocycles. The SMILES string of the molecule is Cc1c(Br)sc2c1c(=O)[nH]c(=O)n2C[C@@H](O)C(F)(F)F. The molecule has 0 aromatic carbocycles. The molecule has 2 aromatic rings. The molecular weight excluding hydrogens is 365 g/mol. The third kappa shape index (κ3) is 2.54. The average molecular weight is 373 g/mol. The van der Waals surface area contributed by atoms with Crippen molar-refractivity contribution in [2.75, 3.05) is 0 Å². The van der Waals surface area contributed by atoms with E-state index in [9.17, 15) is 22.8 Å². The average Bonchev–Trinajstić information content (AvgIpc) is 2.60. The number of fused-ring (bicyclic) bond motifs is 1. The highest BCUT2D eigenvalue weighted by atomic mass is 79.9. The Balaban J connectivity index is 2.68. The standard InChI is InChI=1S/C10H8BrF3N2O3S/c1-3-5-7(18)15-9(19)16(8(5)20-6(3)11)2-4(17)10(12,13)14/h4,17H,2H2,1H3,(H,15,18,19)/t4-/m1/s1. The van der Waals surface area contributed by atoms with Crippen LogP contribution >= 0.6 is 27.3 Å². The zero-order valence-corrected chi connectivity index (χ0v) is 12.3. The number of H-pyrrole nitrogens is 1. The number of nitrogens with zero attached hydrogens (tertiary/aromatic N) is 1. The first-order chi connectivity index (χ1) is 9.12. The molecule has 0 unspecified atom stereocenters. The van der Waals surface area contributed by atoms with Crippen molar-refractivity contribution in [1.29, 1.82) is 0 Å². The van der Waals surface area contributed by atoms with Crippen LogP contribution < -0.4 is 11.2 Å². The Morgan fingerprint density at radius 2 is 2.05 bits per heavy atom. The van der Waals surface area contributed by atoms with E-state index in [-0.39, 0.29) is 10.2 Å². The van der Waals surface area contributed by atoms with Crippen LogP contribution in [-0.2, 0) is 6.54 Å². The fourth-order valence-corrected chi connectivity index (χ4v) is 3.39. The minimum atomic E-state index is -4.84. The van der Waals surface area contributed by atoms with Gasteiger partial charge in [0.1, 0.15) is 4.83 Å². The van der Waals surface area contributed by atoms with Crippen LogP contribution in [0.15, 0.2) is 13.4 Å². The number of aryl methyl sites for hydroxylation is 1. The summed E-state index contributed by atoms with van der Waals surface area (Å²) < 4.78 is 38.4. The predicted octanol–water partition coefficient (Wildman–Crippen LogP) is 1.75. The van der Waals surface area contributed by atoms with E-state index in [0.717, 1.165) is 15.9 Å². The Hall–Kier alpha value is -1.13. The number of aliphatic hydroxyl groups is 1. The summed E-state index contributed by atoms with van der Waals surface area (Å²) in [4.78, 5) is 25.4. The minimum Gasteiger partial charge on any atom is -0.382 e. The number of aromatic nitrogens is 2. The zero-order chi connectivity index (χ0) is 15.2. The Kier molecular flexibility index (Phi) is 3.82. The normalized spacial score (nSPS) is 13.9. The monoisotopic (exact) mass is 372 g/mol. The van der Waals surface area contributed by atoms with E-state index in [1.54, 1.807) is 6.92 Å². The van der Waals surface area contributed by atoms with Gasteiger partial charge in [-0.1, -0.05) is 0 Å². The van der Waals surface area contributed by atoms with Gasteiger partial charge < -0.3 is 5.11 Å². The molecule has 0 fully saturated rings. The largest absolute Gasteiger partial charge is 0.416 e. The number of aliphatic hydroxyl groups excluding tert-OH is 1. The first kappa shape index (κ1) is 15.3. The molecule has 110 valence electrons. The molecule has 20 heavy (non-hydrogen) atoms. The van der Waals surface area contributed by atoms with Gasteiger partial charge in [0.15, 0.2) is 6.10 Å². The van der Waals surface area contributed by atoms with Gasteiger partial charge >= 0.3 is 11.9 Å². The van der Waals surface area contributed by atoms with Gasteiger partial charge in [-0.05, 0) is 28.4 Å². The van der Waals surface area contributed by atoms with Gasteiger partial charge in [0.2, 0.25) is 0 Å². The fraction of sp³-hybridized carbons (Fsp3) is 0.400. The van der Waals surface area contributed by atoms with Crippen LogP contribution in [0, 0.1) is 6.92 Å². The highest BCUT2D eigenvalue weighted by molar-refractivity contribution is 9.11. The smallest absolute Gasteiger partial charge is 0.382 e. The maximum Gasteiger partial charge on any atom is 0.416 e. The van der Waals surface area contributed by atoms with Crippen molar-refractivity contribution in [1.82, 2.24) is 9.55 Å². The second-order valence-corrected chi connectivity index (χ2v) is 6.43.